The quantitative estimate of drug-likeness (QED) is 0.292. The summed E-state index contributed by atoms with van der Waals surface area (Å²) in [4.78, 5) is 20.9. The van der Waals surface area contributed by atoms with Gasteiger partial charge in [0.25, 0.3) is 6.29 Å². The number of carbonyl (C=O) groups excluding carboxylic acids is 1. The molecule has 0 atom stereocenters. The van der Waals surface area contributed by atoms with Crippen molar-refractivity contribution in [3.63, 3.8) is 0 Å². The van der Waals surface area contributed by atoms with Crippen LogP contribution in [0.25, 0.3) is 0 Å². The maximum absolute atomic E-state index is 11.8. The molecule has 1 aromatic rings. The second-order valence-corrected chi connectivity index (χ2v) is 5.11. The lowest BCUT2D eigenvalue weighted by Crippen LogP contribution is -2.06. The van der Waals surface area contributed by atoms with Crippen LogP contribution >= 0.6 is 0 Å². The molecule has 3 heteroatoms. The Morgan fingerprint density at radius 1 is 1.11 bits per heavy atom. The fourth-order valence-electron chi connectivity index (χ4n) is 2.24. The summed E-state index contributed by atoms with van der Waals surface area (Å²) in [7, 11) is 0. The Morgan fingerprint density at radius 2 is 1.84 bits per heavy atom. The SMILES string of the molecule is CCCCCCCCc1cccc(C(=O)C2OO2)c1. The molecule has 0 amide bonds. The normalized spacial score (nSPS) is 14.6. The van der Waals surface area contributed by atoms with Crippen molar-refractivity contribution >= 4 is 5.78 Å². The van der Waals surface area contributed by atoms with Crippen molar-refractivity contribution < 1.29 is 14.6 Å². The number of unbranched alkanes of at least 4 members (excludes halogenated alkanes) is 5. The van der Waals surface area contributed by atoms with Crippen LogP contribution in [0.15, 0.2) is 24.3 Å². The Labute approximate surface area is 114 Å². The van der Waals surface area contributed by atoms with Crippen molar-refractivity contribution in [1.29, 1.82) is 0 Å². The number of carbonyl (C=O) groups is 1. The summed E-state index contributed by atoms with van der Waals surface area (Å²) in [6.45, 7) is 2.23. The average molecular weight is 262 g/mol. The van der Waals surface area contributed by atoms with Gasteiger partial charge in [-0.1, -0.05) is 57.2 Å². The molecule has 0 aromatic heterocycles. The summed E-state index contributed by atoms with van der Waals surface area (Å²) >= 11 is 0. The van der Waals surface area contributed by atoms with E-state index in [4.69, 9.17) is 0 Å². The van der Waals surface area contributed by atoms with Gasteiger partial charge in [0, 0.05) is 5.56 Å². The highest BCUT2D eigenvalue weighted by Crippen LogP contribution is 2.19. The molecule has 0 aliphatic carbocycles. The lowest BCUT2D eigenvalue weighted by Gasteiger charge is -2.03. The summed E-state index contributed by atoms with van der Waals surface area (Å²) in [6.07, 6.45) is 8.12. The van der Waals surface area contributed by atoms with Crippen LogP contribution in [0.5, 0.6) is 0 Å². The number of rotatable bonds is 9. The van der Waals surface area contributed by atoms with E-state index in [1.807, 2.05) is 18.2 Å². The number of ketones is 1. The lowest BCUT2D eigenvalue weighted by atomic mass is 10.0. The minimum atomic E-state index is -0.663. The van der Waals surface area contributed by atoms with Gasteiger partial charge in [0.2, 0.25) is 5.78 Å². The first-order valence-corrected chi connectivity index (χ1v) is 7.26. The number of hydrogen-bond donors (Lipinski definition) is 0. The Bertz CT molecular complexity index is 410. The summed E-state index contributed by atoms with van der Waals surface area (Å²) in [5.74, 6) is -0.0789. The molecule has 2 rings (SSSR count). The molecule has 1 saturated heterocycles. The first-order chi connectivity index (χ1) is 9.31. The predicted octanol–water partition coefficient (Wildman–Crippen LogP) is 4.06. The Hall–Kier alpha value is -1.19. The van der Waals surface area contributed by atoms with Crippen LogP contribution in [0.3, 0.4) is 0 Å². The van der Waals surface area contributed by atoms with Gasteiger partial charge in [0.05, 0.1) is 0 Å². The maximum Gasteiger partial charge on any atom is 0.286 e. The van der Waals surface area contributed by atoms with Crippen molar-refractivity contribution in [3.8, 4) is 0 Å². The molecule has 1 fully saturated rings. The van der Waals surface area contributed by atoms with Crippen LogP contribution in [0.1, 0.15) is 61.4 Å². The molecule has 0 bridgehead atoms. The molecule has 0 spiro atoms. The van der Waals surface area contributed by atoms with Gasteiger partial charge in [0.15, 0.2) is 0 Å². The molecule has 1 heterocycles. The van der Waals surface area contributed by atoms with Crippen LogP contribution in [0.2, 0.25) is 0 Å². The summed E-state index contributed by atoms with van der Waals surface area (Å²) < 4.78 is 0. The highest BCUT2D eigenvalue weighted by molar-refractivity contribution is 5.99. The van der Waals surface area contributed by atoms with E-state index in [0.717, 1.165) is 6.42 Å². The molecule has 0 N–H and O–H groups in total. The van der Waals surface area contributed by atoms with Gasteiger partial charge in [-0.05, 0) is 24.5 Å². The molecular weight excluding hydrogens is 240 g/mol. The molecule has 1 aliphatic heterocycles. The highest BCUT2D eigenvalue weighted by atomic mass is 17.4. The topological polar surface area (TPSA) is 42.1 Å². The largest absolute Gasteiger partial charge is 0.288 e. The zero-order valence-electron chi connectivity index (χ0n) is 11.6. The van der Waals surface area contributed by atoms with E-state index in [-0.39, 0.29) is 5.78 Å². The Morgan fingerprint density at radius 3 is 2.58 bits per heavy atom. The molecule has 0 radical (unpaired) electrons. The fraction of sp³-hybridized carbons (Fsp3) is 0.562. The fourth-order valence-corrected chi connectivity index (χ4v) is 2.24. The van der Waals surface area contributed by atoms with E-state index in [1.54, 1.807) is 0 Å². The molecule has 0 unspecified atom stereocenters. The third-order valence-electron chi connectivity index (χ3n) is 3.44. The van der Waals surface area contributed by atoms with Crippen molar-refractivity contribution in [3.05, 3.63) is 35.4 Å². The van der Waals surface area contributed by atoms with Crippen LogP contribution in [-0.4, -0.2) is 12.1 Å². The maximum atomic E-state index is 11.8. The number of benzene rings is 1. The summed E-state index contributed by atoms with van der Waals surface area (Å²) in [5.41, 5.74) is 1.91. The second-order valence-electron chi connectivity index (χ2n) is 5.11. The molecule has 1 aliphatic rings. The second kappa shape index (κ2) is 7.41. The molecular formula is C16H22O3. The molecule has 3 nitrogen and oxygen atoms in total. The molecule has 104 valence electrons. The monoisotopic (exact) mass is 262 g/mol. The lowest BCUT2D eigenvalue weighted by molar-refractivity contribution is 0.0850. The molecule has 19 heavy (non-hydrogen) atoms. The van der Waals surface area contributed by atoms with E-state index in [2.05, 4.69) is 22.8 Å². The first-order valence-electron chi connectivity index (χ1n) is 7.26. The summed E-state index contributed by atoms with van der Waals surface area (Å²) in [6, 6.07) is 7.79. The first kappa shape index (κ1) is 14.2. The predicted molar refractivity (Wildman–Crippen MR) is 73.8 cm³/mol. The van der Waals surface area contributed by atoms with Crippen LogP contribution in [0.4, 0.5) is 0 Å². The van der Waals surface area contributed by atoms with E-state index in [9.17, 15) is 4.79 Å². The highest BCUT2D eigenvalue weighted by Gasteiger charge is 2.35. The van der Waals surface area contributed by atoms with Crippen molar-refractivity contribution in [2.24, 2.45) is 0 Å². The van der Waals surface area contributed by atoms with Crippen molar-refractivity contribution in [2.75, 3.05) is 0 Å². The molecule has 0 saturated carbocycles. The van der Waals surface area contributed by atoms with Gasteiger partial charge in [-0.25, -0.2) is 0 Å². The third-order valence-corrected chi connectivity index (χ3v) is 3.44. The minimum Gasteiger partial charge on any atom is -0.288 e. The van der Waals surface area contributed by atoms with E-state index in [0.29, 0.717) is 5.56 Å². The van der Waals surface area contributed by atoms with E-state index >= 15 is 0 Å². The van der Waals surface area contributed by atoms with Crippen molar-refractivity contribution in [2.45, 2.75) is 58.2 Å². The number of aryl methyl sites for hydroxylation is 1. The zero-order chi connectivity index (χ0) is 13.5. The van der Waals surface area contributed by atoms with E-state index in [1.165, 1.54) is 44.1 Å². The molecule has 1 aromatic carbocycles. The van der Waals surface area contributed by atoms with Crippen molar-refractivity contribution in [1.82, 2.24) is 0 Å². The van der Waals surface area contributed by atoms with Crippen LogP contribution < -0.4 is 0 Å². The standard InChI is InChI=1S/C16H22O3/c1-2-3-4-5-6-7-9-13-10-8-11-14(12-13)15(17)16-18-19-16/h8,10-12,16H,2-7,9H2,1H3. The Kier molecular flexibility index (Phi) is 5.55. The van der Waals surface area contributed by atoms with Gasteiger partial charge >= 0.3 is 0 Å². The number of Topliss-reactive ketones (excluding diaryl/α,β-unsaturated/α-hetero) is 1. The van der Waals surface area contributed by atoms with Gasteiger partial charge < -0.3 is 0 Å². The van der Waals surface area contributed by atoms with Gasteiger partial charge in [-0.3, -0.25) is 4.79 Å². The van der Waals surface area contributed by atoms with Crippen LogP contribution in [0, 0.1) is 0 Å². The Balaban J connectivity index is 1.74. The van der Waals surface area contributed by atoms with Gasteiger partial charge in [-0.2, -0.15) is 9.78 Å². The van der Waals surface area contributed by atoms with Gasteiger partial charge in [-0.15, -0.1) is 0 Å². The van der Waals surface area contributed by atoms with E-state index < -0.39 is 6.29 Å². The smallest absolute Gasteiger partial charge is 0.286 e. The van der Waals surface area contributed by atoms with Crippen LogP contribution in [-0.2, 0) is 16.2 Å². The van der Waals surface area contributed by atoms with Gasteiger partial charge in [0.1, 0.15) is 0 Å². The average Bonchev–Trinajstić information content (AvgIpc) is 3.27. The summed E-state index contributed by atoms with van der Waals surface area (Å²) in [5, 5.41) is 0. The third kappa shape index (κ3) is 4.77. The minimum absolute atomic E-state index is 0.0789. The number of hydrogen-bond acceptors (Lipinski definition) is 3. The zero-order valence-corrected chi connectivity index (χ0v) is 11.6.